The van der Waals surface area contributed by atoms with E-state index < -0.39 is 0 Å². The molecule has 5 heterocycles. The first-order valence-corrected chi connectivity index (χ1v) is 18.0. The van der Waals surface area contributed by atoms with Gasteiger partial charge in [0.05, 0.1) is 11.3 Å². The summed E-state index contributed by atoms with van der Waals surface area (Å²) < 4.78 is 0. The third-order valence-corrected chi connectivity index (χ3v) is 9.15. The highest BCUT2D eigenvalue weighted by molar-refractivity contribution is 6.05. The minimum absolute atomic E-state index is 0.0952. The van der Waals surface area contributed by atoms with Gasteiger partial charge in [0, 0.05) is 131 Å². The summed E-state index contributed by atoms with van der Waals surface area (Å²) in [4.78, 5) is 43.3. The van der Waals surface area contributed by atoms with Gasteiger partial charge in [-0.3, -0.25) is 39.5 Å². The smallest absolute Gasteiger partial charge is 0.259 e. The summed E-state index contributed by atoms with van der Waals surface area (Å²) in [5.74, 6) is -0.0952. The van der Waals surface area contributed by atoms with Crippen molar-refractivity contribution in [2.24, 2.45) is 0 Å². The topological polar surface area (TPSA) is 91.2 Å². The zero-order valence-corrected chi connectivity index (χ0v) is 29.8. The van der Waals surface area contributed by atoms with Crippen LogP contribution in [0.25, 0.3) is 0 Å². The Labute approximate surface area is 307 Å². The van der Waals surface area contributed by atoms with Crippen molar-refractivity contribution in [2.45, 2.75) is 38.8 Å². The van der Waals surface area contributed by atoms with Crippen LogP contribution in [0.1, 0.15) is 44.4 Å². The Balaban J connectivity index is 1.12. The van der Waals surface area contributed by atoms with Gasteiger partial charge in [0.25, 0.3) is 5.91 Å². The van der Waals surface area contributed by atoms with E-state index in [-0.39, 0.29) is 5.91 Å². The lowest BCUT2D eigenvalue weighted by Gasteiger charge is -2.26. The van der Waals surface area contributed by atoms with Crippen molar-refractivity contribution < 1.29 is 4.79 Å². The highest BCUT2D eigenvalue weighted by Crippen LogP contribution is 2.23. The first kappa shape index (κ1) is 36.2. The highest BCUT2D eigenvalue weighted by Gasteiger charge is 2.19. The van der Waals surface area contributed by atoms with Crippen LogP contribution in [0.5, 0.6) is 0 Å². The second kappa shape index (κ2) is 19.1. The van der Waals surface area contributed by atoms with Gasteiger partial charge in [-0.15, -0.1) is 0 Å². The Morgan fingerprint density at radius 2 is 0.923 bits per heavy atom. The molecule has 0 atom stereocenters. The van der Waals surface area contributed by atoms with E-state index in [4.69, 9.17) is 4.98 Å². The maximum Gasteiger partial charge on any atom is 0.259 e. The largest absolute Gasteiger partial charge is 0.311 e. The molecule has 0 saturated heterocycles. The summed E-state index contributed by atoms with van der Waals surface area (Å²) >= 11 is 0. The lowest BCUT2D eigenvalue weighted by molar-refractivity contribution is 0.0992. The van der Waals surface area contributed by atoms with Gasteiger partial charge < -0.3 is 4.90 Å². The minimum Gasteiger partial charge on any atom is -0.311 e. The van der Waals surface area contributed by atoms with E-state index in [0.717, 1.165) is 91.6 Å². The van der Waals surface area contributed by atoms with Crippen molar-refractivity contribution in [3.8, 4) is 0 Å². The Morgan fingerprint density at radius 1 is 0.481 bits per heavy atom. The van der Waals surface area contributed by atoms with Crippen LogP contribution in [0.15, 0.2) is 140 Å². The molecule has 9 heteroatoms. The Kier molecular flexibility index (Phi) is 13.3. The number of benzene rings is 1. The van der Waals surface area contributed by atoms with Gasteiger partial charge in [-0.25, -0.2) is 0 Å². The average Bonchev–Trinajstić information content (AvgIpc) is 3.21. The molecule has 1 aromatic carbocycles. The SMILES string of the molecule is CN(C(=O)c1ccc(CN(CCc2ccccn2)CCc2ccccn2)nc1)c1ccccc1CN(CCc1ccccn1)CCc1ccccn1. The van der Waals surface area contributed by atoms with Crippen LogP contribution in [0.4, 0.5) is 5.69 Å². The molecule has 0 aliphatic heterocycles. The molecule has 5 aromatic heterocycles. The maximum absolute atomic E-state index is 13.9. The second-order valence-electron chi connectivity index (χ2n) is 12.9. The van der Waals surface area contributed by atoms with Crippen molar-refractivity contribution in [2.75, 3.05) is 38.1 Å². The molecule has 0 unspecified atom stereocenters. The zero-order chi connectivity index (χ0) is 35.8. The van der Waals surface area contributed by atoms with Crippen molar-refractivity contribution in [3.05, 3.63) is 180 Å². The van der Waals surface area contributed by atoms with Gasteiger partial charge in [0.1, 0.15) is 0 Å². The average molecular weight is 691 g/mol. The number of amides is 1. The minimum atomic E-state index is -0.0952. The summed E-state index contributed by atoms with van der Waals surface area (Å²) in [6.45, 7) is 4.71. The zero-order valence-electron chi connectivity index (χ0n) is 29.8. The van der Waals surface area contributed by atoms with E-state index in [9.17, 15) is 4.79 Å². The van der Waals surface area contributed by atoms with Crippen LogP contribution in [-0.4, -0.2) is 73.9 Å². The van der Waals surface area contributed by atoms with Crippen molar-refractivity contribution in [3.63, 3.8) is 0 Å². The van der Waals surface area contributed by atoms with Gasteiger partial charge in [0.2, 0.25) is 0 Å². The van der Waals surface area contributed by atoms with Crippen LogP contribution in [-0.2, 0) is 38.8 Å². The fourth-order valence-corrected chi connectivity index (χ4v) is 6.20. The van der Waals surface area contributed by atoms with Crippen LogP contribution in [0.2, 0.25) is 0 Å². The van der Waals surface area contributed by atoms with Gasteiger partial charge in [-0.2, -0.15) is 0 Å². The van der Waals surface area contributed by atoms with Crippen LogP contribution < -0.4 is 4.90 Å². The number of hydrogen-bond donors (Lipinski definition) is 0. The Bertz CT molecular complexity index is 1840. The van der Waals surface area contributed by atoms with Crippen molar-refractivity contribution >= 4 is 11.6 Å². The van der Waals surface area contributed by atoms with Crippen molar-refractivity contribution in [1.29, 1.82) is 0 Å². The molecule has 0 spiro atoms. The molecule has 6 rings (SSSR count). The van der Waals surface area contributed by atoms with E-state index in [0.29, 0.717) is 18.7 Å². The lowest BCUT2D eigenvalue weighted by atomic mass is 10.1. The monoisotopic (exact) mass is 690 g/mol. The summed E-state index contributed by atoms with van der Waals surface area (Å²) in [7, 11) is 1.85. The molecule has 1 amide bonds. The predicted octanol–water partition coefficient (Wildman–Crippen LogP) is 6.51. The first-order chi connectivity index (χ1) is 25.6. The summed E-state index contributed by atoms with van der Waals surface area (Å²) in [6.07, 6.45) is 12.4. The molecule has 0 N–H and O–H groups in total. The van der Waals surface area contributed by atoms with Gasteiger partial charge >= 0.3 is 0 Å². The number of rotatable bonds is 18. The number of anilines is 1. The standard InChI is InChI=1S/C43H46N8O/c1-49(42-17-3-2-12-36(42)33-50(28-20-37-13-4-8-24-44-37)29-21-38-14-5-9-25-45-38)43(52)35-18-19-41(48-32-35)34-51(30-22-39-15-6-10-26-46-39)31-23-40-16-7-11-27-47-40/h2-19,24-27,32H,20-23,28-31,33-34H2,1H3. The fraction of sp³-hybridized carbons (Fsp3) is 0.256. The van der Waals surface area contributed by atoms with Gasteiger partial charge in [-0.05, 0) is 72.3 Å². The molecular formula is C43H46N8O. The molecule has 6 aromatic rings. The predicted molar refractivity (Wildman–Crippen MR) is 206 cm³/mol. The number of nitrogens with zero attached hydrogens (tertiary/aromatic N) is 8. The first-order valence-electron chi connectivity index (χ1n) is 18.0. The molecular weight excluding hydrogens is 645 g/mol. The summed E-state index contributed by atoms with van der Waals surface area (Å²) in [5.41, 5.74) is 7.68. The molecule has 52 heavy (non-hydrogen) atoms. The summed E-state index contributed by atoms with van der Waals surface area (Å²) in [6, 6.07) is 36.2. The number of carbonyl (C=O) groups excluding carboxylic acids is 1. The number of aromatic nitrogens is 5. The van der Waals surface area contributed by atoms with Gasteiger partial charge in [-0.1, -0.05) is 42.5 Å². The number of pyridine rings is 5. The molecule has 0 bridgehead atoms. The van der Waals surface area contributed by atoms with E-state index in [1.165, 1.54) is 0 Å². The van der Waals surface area contributed by atoms with Crippen LogP contribution >= 0.6 is 0 Å². The second-order valence-corrected chi connectivity index (χ2v) is 12.9. The van der Waals surface area contributed by atoms with Crippen LogP contribution in [0.3, 0.4) is 0 Å². The highest BCUT2D eigenvalue weighted by atomic mass is 16.2. The molecule has 264 valence electrons. The fourth-order valence-electron chi connectivity index (χ4n) is 6.20. The summed E-state index contributed by atoms with van der Waals surface area (Å²) in [5, 5.41) is 0. The molecule has 0 fully saturated rings. The number of para-hydroxylation sites is 1. The quantitative estimate of drug-likeness (QED) is 0.101. The molecule has 0 aliphatic rings. The molecule has 0 saturated carbocycles. The Morgan fingerprint density at radius 3 is 1.35 bits per heavy atom. The molecule has 0 radical (unpaired) electrons. The van der Waals surface area contributed by atoms with E-state index in [1.54, 1.807) is 11.1 Å². The number of hydrogen-bond acceptors (Lipinski definition) is 8. The van der Waals surface area contributed by atoms with E-state index in [2.05, 4.69) is 60.1 Å². The van der Waals surface area contributed by atoms with Crippen LogP contribution in [0, 0.1) is 0 Å². The number of carbonyl (C=O) groups is 1. The lowest BCUT2D eigenvalue weighted by Crippen LogP contribution is -2.31. The normalized spacial score (nSPS) is 11.2. The third kappa shape index (κ3) is 10.9. The maximum atomic E-state index is 13.9. The molecule has 0 aliphatic carbocycles. The van der Waals surface area contributed by atoms with Gasteiger partial charge in [0.15, 0.2) is 0 Å². The Hall–Kier alpha value is -5.64. The van der Waals surface area contributed by atoms with E-state index in [1.807, 2.05) is 111 Å². The van der Waals surface area contributed by atoms with E-state index >= 15 is 0 Å². The van der Waals surface area contributed by atoms with Crippen molar-refractivity contribution in [1.82, 2.24) is 34.7 Å². The molecule has 9 nitrogen and oxygen atoms in total. The third-order valence-electron chi connectivity index (χ3n) is 9.15.